The van der Waals surface area contributed by atoms with Gasteiger partial charge in [0.15, 0.2) is 27.3 Å². The highest BCUT2D eigenvalue weighted by atomic mass is 32.2. The molecule has 0 fully saturated rings. The fourth-order valence-corrected chi connectivity index (χ4v) is 4.10. The largest absolute Gasteiger partial charge is 0.469 e. The summed E-state index contributed by atoms with van der Waals surface area (Å²) in [4.78, 5) is 23.5. The molecule has 2 aromatic carbocycles. The van der Waals surface area contributed by atoms with E-state index in [0.29, 0.717) is 0 Å². The van der Waals surface area contributed by atoms with Gasteiger partial charge in [0.2, 0.25) is 0 Å². The second kappa shape index (κ2) is 8.55. The molecule has 0 spiro atoms. The highest BCUT2D eigenvalue weighted by Gasteiger charge is 2.25. The lowest BCUT2D eigenvalue weighted by molar-refractivity contribution is -0.144. The zero-order valence-corrected chi connectivity index (χ0v) is 15.9. The van der Waals surface area contributed by atoms with Crippen LogP contribution in [0.4, 0.5) is 13.2 Å². The van der Waals surface area contributed by atoms with Gasteiger partial charge in [-0.2, -0.15) is 0 Å². The van der Waals surface area contributed by atoms with Crippen LogP contribution in [0.2, 0.25) is 0 Å². The lowest BCUT2D eigenvalue weighted by Gasteiger charge is -2.11. The van der Waals surface area contributed by atoms with E-state index in [4.69, 9.17) is 0 Å². The Labute approximate surface area is 160 Å². The maximum atomic E-state index is 14.1. The van der Waals surface area contributed by atoms with Gasteiger partial charge < -0.3 is 4.74 Å². The first-order valence-corrected chi connectivity index (χ1v) is 9.77. The molecule has 0 amide bonds. The summed E-state index contributed by atoms with van der Waals surface area (Å²) in [5.74, 6) is -6.26. The Hall–Kier alpha value is -2.68. The second-order valence-corrected chi connectivity index (χ2v) is 8.23. The van der Waals surface area contributed by atoms with Gasteiger partial charge in [-0.1, -0.05) is 13.0 Å². The molecule has 0 saturated carbocycles. The van der Waals surface area contributed by atoms with Crippen LogP contribution in [-0.2, 0) is 25.8 Å². The van der Waals surface area contributed by atoms with Crippen LogP contribution in [0.15, 0.2) is 41.3 Å². The van der Waals surface area contributed by atoms with Crippen LogP contribution in [-0.4, -0.2) is 33.0 Å². The average molecular weight is 414 g/mol. The Morgan fingerprint density at radius 1 is 1.00 bits per heavy atom. The van der Waals surface area contributed by atoms with Crippen molar-refractivity contribution >= 4 is 21.6 Å². The van der Waals surface area contributed by atoms with Crippen LogP contribution in [0.3, 0.4) is 0 Å². The summed E-state index contributed by atoms with van der Waals surface area (Å²) in [7, 11) is -2.88. The number of methoxy groups -OCH3 is 1. The molecule has 0 aromatic heterocycles. The van der Waals surface area contributed by atoms with Crippen molar-refractivity contribution < 1.29 is 35.9 Å². The second-order valence-electron chi connectivity index (χ2n) is 6.20. The summed E-state index contributed by atoms with van der Waals surface area (Å²) in [5, 5.41) is 0. The molecular formula is C19H17F3O5S. The van der Waals surface area contributed by atoms with E-state index in [0.717, 1.165) is 37.4 Å². The fourth-order valence-electron chi connectivity index (χ4n) is 2.54. The molecule has 2 rings (SSSR count). The number of halogens is 3. The lowest BCUT2D eigenvalue weighted by atomic mass is 10.0. The summed E-state index contributed by atoms with van der Waals surface area (Å²) in [6.07, 6.45) is -0.448. The normalized spacial score (nSPS) is 12.5. The maximum absolute atomic E-state index is 14.1. The minimum Gasteiger partial charge on any atom is -0.469 e. The van der Waals surface area contributed by atoms with Crippen LogP contribution in [0.1, 0.15) is 22.8 Å². The van der Waals surface area contributed by atoms with E-state index in [1.807, 2.05) is 0 Å². The molecule has 0 aliphatic rings. The molecule has 0 aliphatic carbocycles. The van der Waals surface area contributed by atoms with E-state index in [1.165, 1.54) is 13.0 Å². The summed E-state index contributed by atoms with van der Waals surface area (Å²) >= 11 is 0. The predicted octanol–water partition coefficient (Wildman–Crippen LogP) is 3.11. The number of esters is 1. The number of hydrogen-bond acceptors (Lipinski definition) is 5. The molecule has 28 heavy (non-hydrogen) atoms. The summed E-state index contributed by atoms with van der Waals surface area (Å²) in [5.41, 5.74) is -0.396. The van der Waals surface area contributed by atoms with Gasteiger partial charge in [0, 0.05) is 6.42 Å². The molecular weight excluding hydrogens is 397 g/mol. The van der Waals surface area contributed by atoms with Crippen molar-refractivity contribution in [2.45, 2.75) is 18.2 Å². The van der Waals surface area contributed by atoms with Gasteiger partial charge in [0.1, 0.15) is 5.82 Å². The van der Waals surface area contributed by atoms with E-state index in [2.05, 4.69) is 4.74 Å². The van der Waals surface area contributed by atoms with Crippen molar-refractivity contribution in [3.05, 3.63) is 65.0 Å². The van der Waals surface area contributed by atoms with E-state index in [9.17, 15) is 31.2 Å². The van der Waals surface area contributed by atoms with Crippen molar-refractivity contribution in [1.29, 1.82) is 0 Å². The minimum absolute atomic E-state index is 0.107. The number of ketones is 1. The zero-order valence-electron chi connectivity index (χ0n) is 15.0. The Bertz CT molecular complexity index is 1020. The van der Waals surface area contributed by atoms with Gasteiger partial charge >= 0.3 is 5.97 Å². The standard InChI is InChI=1S/C19H17F3O5S/c1-11(19(24)27-2)10-28(25,26)13-4-6-15(20)14(9-13)18(23)8-12-3-5-16(21)17(22)7-12/h3-7,9,11H,8,10H2,1-2H3/t11-/m0/s1. The number of Topliss-reactive ketones (excluding diaryl/α,β-unsaturated/α-hetero) is 1. The Balaban J connectivity index is 2.30. The molecule has 0 saturated heterocycles. The minimum atomic E-state index is -4.00. The topological polar surface area (TPSA) is 77.5 Å². The number of sulfone groups is 1. The summed E-state index contributed by atoms with van der Waals surface area (Å²) < 4.78 is 69.7. The van der Waals surface area contributed by atoms with Crippen LogP contribution in [0.5, 0.6) is 0 Å². The third kappa shape index (κ3) is 4.98. The highest BCUT2D eigenvalue weighted by molar-refractivity contribution is 7.91. The van der Waals surface area contributed by atoms with Crippen molar-refractivity contribution in [2.75, 3.05) is 12.9 Å². The molecule has 0 heterocycles. The monoisotopic (exact) mass is 414 g/mol. The highest BCUT2D eigenvalue weighted by Crippen LogP contribution is 2.21. The number of rotatable bonds is 7. The van der Waals surface area contributed by atoms with Gasteiger partial charge in [0.05, 0.1) is 29.2 Å². The molecule has 0 radical (unpaired) electrons. The lowest BCUT2D eigenvalue weighted by Crippen LogP contribution is -2.23. The molecule has 5 nitrogen and oxygen atoms in total. The van der Waals surface area contributed by atoms with Crippen molar-refractivity contribution in [2.24, 2.45) is 5.92 Å². The van der Waals surface area contributed by atoms with Crippen molar-refractivity contribution in [1.82, 2.24) is 0 Å². The zero-order chi connectivity index (χ0) is 21.1. The van der Waals surface area contributed by atoms with Gasteiger partial charge in [0.25, 0.3) is 0 Å². The predicted molar refractivity (Wildman–Crippen MR) is 94.0 cm³/mol. The number of benzene rings is 2. The van der Waals surface area contributed by atoms with E-state index < -0.39 is 62.7 Å². The number of hydrogen-bond donors (Lipinski definition) is 0. The van der Waals surface area contributed by atoms with Crippen molar-refractivity contribution in [3.63, 3.8) is 0 Å². The van der Waals surface area contributed by atoms with E-state index in [1.54, 1.807) is 0 Å². The Morgan fingerprint density at radius 3 is 2.25 bits per heavy atom. The molecule has 2 aromatic rings. The molecule has 0 N–H and O–H groups in total. The third-order valence-electron chi connectivity index (χ3n) is 4.02. The molecule has 0 unspecified atom stereocenters. The maximum Gasteiger partial charge on any atom is 0.309 e. The Morgan fingerprint density at radius 2 is 1.64 bits per heavy atom. The van der Waals surface area contributed by atoms with Gasteiger partial charge in [-0.05, 0) is 35.9 Å². The van der Waals surface area contributed by atoms with Crippen LogP contribution in [0, 0.1) is 23.4 Å². The van der Waals surface area contributed by atoms with E-state index >= 15 is 0 Å². The molecule has 150 valence electrons. The van der Waals surface area contributed by atoms with Gasteiger partial charge in [-0.15, -0.1) is 0 Å². The molecule has 0 bridgehead atoms. The van der Waals surface area contributed by atoms with Crippen LogP contribution >= 0.6 is 0 Å². The first-order chi connectivity index (χ1) is 13.0. The van der Waals surface area contributed by atoms with Crippen LogP contribution in [0.25, 0.3) is 0 Å². The molecule has 9 heteroatoms. The quantitative estimate of drug-likeness (QED) is 0.395. The summed E-state index contributed by atoms with van der Waals surface area (Å²) in [6.45, 7) is 1.36. The number of carbonyl (C=O) groups excluding carboxylic acids is 2. The number of carbonyl (C=O) groups is 2. The third-order valence-corrected chi connectivity index (χ3v) is 5.93. The molecule has 0 aliphatic heterocycles. The van der Waals surface area contributed by atoms with Gasteiger partial charge in [-0.25, -0.2) is 21.6 Å². The van der Waals surface area contributed by atoms with Crippen LogP contribution < -0.4 is 0 Å². The number of ether oxygens (including phenoxy) is 1. The smallest absolute Gasteiger partial charge is 0.309 e. The van der Waals surface area contributed by atoms with E-state index in [-0.39, 0.29) is 10.5 Å². The fraction of sp³-hybridized carbons (Fsp3) is 0.263. The first-order valence-electron chi connectivity index (χ1n) is 8.12. The molecule has 1 atom stereocenters. The average Bonchev–Trinajstić information content (AvgIpc) is 2.63. The summed E-state index contributed by atoms with van der Waals surface area (Å²) in [6, 6.07) is 5.51. The van der Waals surface area contributed by atoms with Gasteiger partial charge in [-0.3, -0.25) is 9.59 Å². The van der Waals surface area contributed by atoms with Crippen molar-refractivity contribution in [3.8, 4) is 0 Å². The Kier molecular flexibility index (Phi) is 6.60. The SMILES string of the molecule is COC(=O)[C@@H](C)CS(=O)(=O)c1ccc(F)c(C(=O)Cc2ccc(F)c(F)c2)c1. The first kappa shape index (κ1) is 21.6.